The van der Waals surface area contributed by atoms with E-state index >= 15 is 0 Å². The van der Waals surface area contributed by atoms with E-state index in [9.17, 15) is 4.79 Å². The Balaban J connectivity index is 1.63. The van der Waals surface area contributed by atoms with Crippen LogP contribution in [0, 0.1) is 6.92 Å². The van der Waals surface area contributed by atoms with Gasteiger partial charge in [0, 0.05) is 24.5 Å². The minimum Gasteiger partial charge on any atom is -0.493 e. The molecule has 1 amide bonds. The van der Waals surface area contributed by atoms with Crippen LogP contribution in [0.2, 0.25) is 0 Å². The molecule has 1 heterocycles. The summed E-state index contributed by atoms with van der Waals surface area (Å²) in [7, 11) is 1.57. The molecule has 1 aliphatic heterocycles. The van der Waals surface area contributed by atoms with Gasteiger partial charge in [0.05, 0.1) is 20.3 Å². The van der Waals surface area contributed by atoms with E-state index in [2.05, 4.69) is 16.3 Å². The first-order valence-corrected chi connectivity index (χ1v) is 8.66. The predicted molar refractivity (Wildman–Crippen MR) is 101 cm³/mol. The Morgan fingerprint density at radius 1 is 1.15 bits per heavy atom. The summed E-state index contributed by atoms with van der Waals surface area (Å²) >= 11 is 0. The number of methoxy groups -OCH3 is 1. The van der Waals surface area contributed by atoms with Crippen LogP contribution in [-0.2, 0) is 9.53 Å². The second-order valence-corrected chi connectivity index (χ2v) is 6.09. The van der Waals surface area contributed by atoms with E-state index in [4.69, 9.17) is 14.2 Å². The van der Waals surface area contributed by atoms with Crippen molar-refractivity contribution in [1.29, 1.82) is 0 Å². The van der Waals surface area contributed by atoms with E-state index in [1.54, 1.807) is 19.2 Å². The number of benzene rings is 2. The highest BCUT2D eigenvalue weighted by molar-refractivity contribution is 5.93. The molecule has 6 nitrogen and oxygen atoms in total. The zero-order valence-corrected chi connectivity index (χ0v) is 15.2. The van der Waals surface area contributed by atoms with Gasteiger partial charge in [0.25, 0.3) is 5.91 Å². The average Bonchev–Trinajstić information content (AvgIpc) is 2.69. The molecule has 0 spiro atoms. The third kappa shape index (κ3) is 4.46. The smallest absolute Gasteiger partial charge is 0.262 e. The lowest BCUT2D eigenvalue weighted by Gasteiger charge is -2.29. The van der Waals surface area contributed by atoms with Crippen LogP contribution in [0.25, 0.3) is 0 Å². The summed E-state index contributed by atoms with van der Waals surface area (Å²) in [6, 6.07) is 13.3. The molecule has 1 saturated heterocycles. The standard InChI is InChI=1S/C20H24N2O4/c1-15-7-8-16(22-9-11-25-12-10-22)13-17(15)21-20(23)14-26-19-6-4-3-5-18(19)24-2/h3-8,13H,9-12,14H2,1-2H3,(H,21,23). The highest BCUT2D eigenvalue weighted by Crippen LogP contribution is 2.26. The number of nitrogens with zero attached hydrogens (tertiary/aromatic N) is 1. The molecule has 0 saturated carbocycles. The topological polar surface area (TPSA) is 60.0 Å². The highest BCUT2D eigenvalue weighted by atomic mass is 16.5. The van der Waals surface area contributed by atoms with Gasteiger partial charge >= 0.3 is 0 Å². The van der Waals surface area contributed by atoms with Crippen molar-refractivity contribution in [3.8, 4) is 11.5 Å². The molecular formula is C20H24N2O4. The number of para-hydroxylation sites is 2. The van der Waals surface area contributed by atoms with Gasteiger partial charge < -0.3 is 24.4 Å². The number of carbonyl (C=O) groups is 1. The van der Waals surface area contributed by atoms with Crippen molar-refractivity contribution in [1.82, 2.24) is 0 Å². The zero-order chi connectivity index (χ0) is 18.4. The Labute approximate surface area is 153 Å². The van der Waals surface area contributed by atoms with Crippen molar-refractivity contribution in [2.75, 3.05) is 50.2 Å². The van der Waals surface area contributed by atoms with Gasteiger partial charge in [0.15, 0.2) is 18.1 Å². The molecule has 2 aromatic rings. The number of aryl methyl sites for hydroxylation is 1. The maximum atomic E-state index is 12.3. The Bertz CT molecular complexity index is 757. The number of morpholine rings is 1. The predicted octanol–water partition coefficient (Wildman–Crippen LogP) is 2.86. The van der Waals surface area contributed by atoms with Crippen molar-refractivity contribution >= 4 is 17.3 Å². The van der Waals surface area contributed by atoms with E-state index in [1.807, 2.05) is 31.2 Å². The monoisotopic (exact) mass is 356 g/mol. The number of amides is 1. The molecule has 1 fully saturated rings. The fourth-order valence-corrected chi connectivity index (χ4v) is 2.83. The van der Waals surface area contributed by atoms with Gasteiger partial charge in [-0.3, -0.25) is 4.79 Å². The van der Waals surface area contributed by atoms with Crippen LogP contribution >= 0.6 is 0 Å². The fourth-order valence-electron chi connectivity index (χ4n) is 2.83. The van der Waals surface area contributed by atoms with E-state index in [-0.39, 0.29) is 12.5 Å². The molecule has 138 valence electrons. The molecular weight excluding hydrogens is 332 g/mol. The van der Waals surface area contributed by atoms with Gasteiger partial charge in [0.2, 0.25) is 0 Å². The molecule has 6 heteroatoms. The number of rotatable bonds is 6. The number of nitrogens with one attached hydrogen (secondary N) is 1. The number of hydrogen-bond acceptors (Lipinski definition) is 5. The maximum absolute atomic E-state index is 12.3. The first kappa shape index (κ1) is 18.1. The van der Waals surface area contributed by atoms with E-state index in [0.29, 0.717) is 11.5 Å². The summed E-state index contributed by atoms with van der Waals surface area (Å²) in [5.41, 5.74) is 2.88. The Morgan fingerprint density at radius 3 is 2.62 bits per heavy atom. The van der Waals surface area contributed by atoms with Crippen molar-refractivity contribution in [2.45, 2.75) is 6.92 Å². The summed E-state index contributed by atoms with van der Waals surface area (Å²) in [5.74, 6) is 0.938. The lowest BCUT2D eigenvalue weighted by atomic mass is 10.1. The van der Waals surface area contributed by atoms with E-state index in [0.717, 1.165) is 43.2 Å². The first-order chi connectivity index (χ1) is 12.7. The molecule has 26 heavy (non-hydrogen) atoms. The summed E-state index contributed by atoms with van der Waals surface area (Å²) < 4.78 is 16.2. The van der Waals surface area contributed by atoms with Crippen molar-refractivity contribution in [3.05, 3.63) is 48.0 Å². The van der Waals surface area contributed by atoms with Gasteiger partial charge in [-0.2, -0.15) is 0 Å². The van der Waals surface area contributed by atoms with Gasteiger partial charge in [-0.05, 0) is 36.8 Å². The molecule has 0 unspecified atom stereocenters. The Morgan fingerprint density at radius 2 is 1.88 bits per heavy atom. The summed E-state index contributed by atoms with van der Waals surface area (Å²) in [6.07, 6.45) is 0. The van der Waals surface area contributed by atoms with Crippen LogP contribution in [0.15, 0.2) is 42.5 Å². The summed E-state index contributed by atoms with van der Waals surface area (Å²) in [5, 5.41) is 2.93. The van der Waals surface area contributed by atoms with Crippen LogP contribution in [0.5, 0.6) is 11.5 Å². The second kappa shape index (κ2) is 8.58. The van der Waals surface area contributed by atoms with Gasteiger partial charge in [-0.1, -0.05) is 18.2 Å². The number of carbonyl (C=O) groups excluding carboxylic acids is 1. The fraction of sp³-hybridized carbons (Fsp3) is 0.350. The van der Waals surface area contributed by atoms with Crippen molar-refractivity contribution in [2.24, 2.45) is 0 Å². The molecule has 3 rings (SSSR count). The van der Waals surface area contributed by atoms with Crippen molar-refractivity contribution in [3.63, 3.8) is 0 Å². The lowest BCUT2D eigenvalue weighted by Crippen LogP contribution is -2.36. The molecule has 0 radical (unpaired) electrons. The quantitative estimate of drug-likeness (QED) is 0.862. The second-order valence-electron chi connectivity index (χ2n) is 6.09. The maximum Gasteiger partial charge on any atom is 0.262 e. The van der Waals surface area contributed by atoms with Crippen LogP contribution in [0.4, 0.5) is 11.4 Å². The molecule has 0 aliphatic carbocycles. The molecule has 1 aliphatic rings. The molecule has 2 aromatic carbocycles. The van der Waals surface area contributed by atoms with Gasteiger partial charge in [-0.25, -0.2) is 0 Å². The SMILES string of the molecule is COc1ccccc1OCC(=O)Nc1cc(N2CCOCC2)ccc1C. The number of hydrogen-bond donors (Lipinski definition) is 1. The van der Waals surface area contributed by atoms with Gasteiger partial charge in [-0.15, -0.1) is 0 Å². The lowest BCUT2D eigenvalue weighted by molar-refractivity contribution is -0.118. The molecule has 0 bridgehead atoms. The van der Waals surface area contributed by atoms with Crippen LogP contribution in [0.1, 0.15) is 5.56 Å². The highest BCUT2D eigenvalue weighted by Gasteiger charge is 2.14. The Hall–Kier alpha value is -2.73. The third-order valence-electron chi connectivity index (χ3n) is 4.30. The van der Waals surface area contributed by atoms with Crippen LogP contribution in [-0.4, -0.2) is 45.9 Å². The minimum atomic E-state index is -0.210. The number of ether oxygens (including phenoxy) is 3. The summed E-state index contributed by atoms with van der Waals surface area (Å²) in [4.78, 5) is 14.6. The number of anilines is 2. The van der Waals surface area contributed by atoms with Gasteiger partial charge in [0.1, 0.15) is 0 Å². The summed E-state index contributed by atoms with van der Waals surface area (Å²) in [6.45, 7) is 5.05. The normalized spacial score (nSPS) is 14.0. The molecule has 0 aromatic heterocycles. The Kier molecular flexibility index (Phi) is 5.96. The van der Waals surface area contributed by atoms with Crippen molar-refractivity contribution < 1.29 is 19.0 Å². The van der Waals surface area contributed by atoms with Crippen LogP contribution in [0.3, 0.4) is 0 Å². The van der Waals surface area contributed by atoms with E-state index < -0.39 is 0 Å². The van der Waals surface area contributed by atoms with Crippen LogP contribution < -0.4 is 19.7 Å². The average molecular weight is 356 g/mol. The zero-order valence-electron chi connectivity index (χ0n) is 15.2. The third-order valence-corrected chi connectivity index (χ3v) is 4.30. The molecule has 0 atom stereocenters. The largest absolute Gasteiger partial charge is 0.493 e. The minimum absolute atomic E-state index is 0.0818. The molecule has 1 N–H and O–H groups in total. The first-order valence-electron chi connectivity index (χ1n) is 8.66. The van der Waals surface area contributed by atoms with E-state index in [1.165, 1.54) is 0 Å².